The van der Waals surface area contributed by atoms with E-state index in [-0.39, 0.29) is 17.4 Å². The lowest BCUT2D eigenvalue weighted by molar-refractivity contribution is 0.303. The molecule has 0 amide bonds. The quantitative estimate of drug-likeness (QED) is 0.587. The first kappa shape index (κ1) is 17.3. The third-order valence-electron chi connectivity index (χ3n) is 3.56. The van der Waals surface area contributed by atoms with Gasteiger partial charge < -0.3 is 9.84 Å². The van der Waals surface area contributed by atoms with Crippen LogP contribution in [0.15, 0.2) is 71.6 Å². The predicted molar refractivity (Wildman–Crippen MR) is 94.8 cm³/mol. The second kappa shape index (κ2) is 8.03. The van der Waals surface area contributed by atoms with Gasteiger partial charge in [0.15, 0.2) is 0 Å². The van der Waals surface area contributed by atoms with Crippen LogP contribution in [0.2, 0.25) is 0 Å². The van der Waals surface area contributed by atoms with Gasteiger partial charge in [-0.3, -0.25) is 0 Å². The smallest absolute Gasteiger partial charge is 0.132 e. The number of phenols is 1. The molecule has 3 rings (SSSR count). The maximum atomic E-state index is 12.9. The maximum absolute atomic E-state index is 12.9. The Labute approximate surface area is 149 Å². The summed E-state index contributed by atoms with van der Waals surface area (Å²) in [5, 5.41) is 10.1. The molecule has 2 nitrogen and oxygen atoms in total. The lowest BCUT2D eigenvalue weighted by atomic mass is 10.2. The van der Waals surface area contributed by atoms with Crippen molar-refractivity contribution in [3.63, 3.8) is 0 Å². The molecule has 0 aliphatic carbocycles. The fourth-order valence-corrected chi connectivity index (χ4v) is 3.08. The van der Waals surface area contributed by atoms with E-state index >= 15 is 0 Å². The van der Waals surface area contributed by atoms with Crippen molar-refractivity contribution >= 4 is 11.8 Å². The molecule has 0 aromatic heterocycles. The third kappa shape index (κ3) is 4.97. The SMILES string of the molecule is Oc1cc(OCc2ccc(F)cc2)ccc1SCc1ccc(F)cc1. The molecule has 0 fully saturated rings. The Morgan fingerprint density at radius 2 is 1.40 bits per heavy atom. The van der Waals surface area contributed by atoms with E-state index in [1.807, 2.05) is 0 Å². The first-order chi connectivity index (χ1) is 12.1. The topological polar surface area (TPSA) is 29.5 Å². The normalized spacial score (nSPS) is 10.6. The van der Waals surface area contributed by atoms with E-state index in [0.29, 0.717) is 18.1 Å². The fraction of sp³-hybridized carbons (Fsp3) is 0.100. The van der Waals surface area contributed by atoms with Crippen molar-refractivity contribution in [1.82, 2.24) is 0 Å². The highest BCUT2D eigenvalue weighted by atomic mass is 32.2. The number of ether oxygens (including phenoxy) is 1. The van der Waals surface area contributed by atoms with Gasteiger partial charge in [0.25, 0.3) is 0 Å². The van der Waals surface area contributed by atoms with E-state index in [2.05, 4.69) is 0 Å². The van der Waals surface area contributed by atoms with Crippen LogP contribution in [0.4, 0.5) is 8.78 Å². The molecule has 0 aliphatic heterocycles. The largest absolute Gasteiger partial charge is 0.507 e. The van der Waals surface area contributed by atoms with Gasteiger partial charge in [-0.1, -0.05) is 24.3 Å². The molecule has 0 aliphatic rings. The van der Waals surface area contributed by atoms with Gasteiger partial charge in [-0.15, -0.1) is 11.8 Å². The van der Waals surface area contributed by atoms with E-state index in [1.165, 1.54) is 36.0 Å². The summed E-state index contributed by atoms with van der Waals surface area (Å²) in [5.41, 5.74) is 1.82. The number of rotatable bonds is 6. The highest BCUT2D eigenvalue weighted by molar-refractivity contribution is 7.98. The van der Waals surface area contributed by atoms with Crippen molar-refractivity contribution in [2.45, 2.75) is 17.3 Å². The minimum atomic E-state index is -0.288. The van der Waals surface area contributed by atoms with Crippen molar-refractivity contribution in [2.24, 2.45) is 0 Å². The van der Waals surface area contributed by atoms with Crippen LogP contribution in [0.3, 0.4) is 0 Å². The first-order valence-electron chi connectivity index (χ1n) is 7.68. The Morgan fingerprint density at radius 1 is 0.800 bits per heavy atom. The summed E-state index contributed by atoms with van der Waals surface area (Å²) in [4.78, 5) is 0.721. The molecule has 0 radical (unpaired) electrons. The second-order valence-corrected chi connectivity index (χ2v) is 6.48. The Kier molecular flexibility index (Phi) is 5.56. The Hall–Kier alpha value is -2.53. The number of hydrogen-bond donors (Lipinski definition) is 1. The summed E-state index contributed by atoms with van der Waals surface area (Å²) in [5.74, 6) is 0.740. The minimum absolute atomic E-state index is 0.128. The van der Waals surface area contributed by atoms with Gasteiger partial charge in [-0.05, 0) is 47.5 Å². The van der Waals surface area contributed by atoms with Crippen LogP contribution in [0.1, 0.15) is 11.1 Å². The molecule has 1 N–H and O–H groups in total. The van der Waals surface area contributed by atoms with Crippen LogP contribution in [0, 0.1) is 11.6 Å². The summed E-state index contributed by atoms with van der Waals surface area (Å²) in [6.07, 6.45) is 0. The summed E-state index contributed by atoms with van der Waals surface area (Å²) in [7, 11) is 0. The second-order valence-electron chi connectivity index (χ2n) is 5.46. The zero-order valence-electron chi connectivity index (χ0n) is 13.3. The molecule has 0 saturated carbocycles. The van der Waals surface area contributed by atoms with Gasteiger partial charge in [-0.2, -0.15) is 0 Å². The van der Waals surface area contributed by atoms with Crippen LogP contribution >= 0.6 is 11.8 Å². The van der Waals surface area contributed by atoms with Gasteiger partial charge in [0, 0.05) is 16.7 Å². The average molecular weight is 358 g/mol. The van der Waals surface area contributed by atoms with Crippen LogP contribution in [-0.2, 0) is 12.4 Å². The van der Waals surface area contributed by atoms with Crippen LogP contribution in [0.25, 0.3) is 0 Å². The van der Waals surface area contributed by atoms with Crippen molar-refractivity contribution in [3.05, 3.63) is 89.5 Å². The van der Waals surface area contributed by atoms with Crippen LogP contribution in [0.5, 0.6) is 11.5 Å². The molecular weight excluding hydrogens is 342 g/mol. The summed E-state index contributed by atoms with van der Waals surface area (Å²) < 4.78 is 31.4. The molecular formula is C20H16F2O2S. The Morgan fingerprint density at radius 3 is 2.00 bits per heavy atom. The van der Waals surface area contributed by atoms with E-state index in [1.54, 1.807) is 42.5 Å². The zero-order chi connectivity index (χ0) is 17.6. The van der Waals surface area contributed by atoms with E-state index < -0.39 is 0 Å². The number of aromatic hydroxyl groups is 1. The molecule has 0 spiro atoms. The first-order valence-corrected chi connectivity index (χ1v) is 8.66. The molecule has 0 bridgehead atoms. The van der Waals surface area contributed by atoms with E-state index in [9.17, 15) is 13.9 Å². The van der Waals surface area contributed by atoms with Crippen LogP contribution < -0.4 is 4.74 Å². The standard InChI is InChI=1S/C20H16F2O2S/c21-16-5-1-14(2-6-16)12-24-18-9-10-20(19(23)11-18)25-13-15-3-7-17(22)8-4-15/h1-11,23H,12-13H2. The van der Waals surface area contributed by atoms with Crippen molar-refractivity contribution < 1.29 is 18.6 Å². The molecule has 0 unspecified atom stereocenters. The number of hydrogen-bond acceptors (Lipinski definition) is 3. The number of phenolic OH excluding ortho intramolecular Hbond substituents is 1. The molecule has 0 heterocycles. The van der Waals surface area contributed by atoms with Crippen LogP contribution in [-0.4, -0.2) is 5.11 Å². The molecule has 0 saturated heterocycles. The van der Waals surface area contributed by atoms with Gasteiger partial charge in [-0.25, -0.2) is 8.78 Å². The molecule has 0 atom stereocenters. The van der Waals surface area contributed by atoms with E-state index in [4.69, 9.17) is 4.74 Å². The monoisotopic (exact) mass is 358 g/mol. The lowest BCUT2D eigenvalue weighted by Gasteiger charge is -2.09. The summed E-state index contributed by atoms with van der Waals surface area (Å²) in [6, 6.07) is 17.5. The molecule has 3 aromatic rings. The number of benzene rings is 3. The Balaban J connectivity index is 1.58. The zero-order valence-corrected chi connectivity index (χ0v) is 14.1. The van der Waals surface area contributed by atoms with Crippen molar-refractivity contribution in [2.75, 3.05) is 0 Å². The van der Waals surface area contributed by atoms with Crippen molar-refractivity contribution in [1.29, 1.82) is 0 Å². The highest BCUT2D eigenvalue weighted by Gasteiger charge is 2.06. The summed E-state index contributed by atoms with van der Waals surface area (Å²) in [6.45, 7) is 0.293. The fourth-order valence-electron chi connectivity index (χ4n) is 2.20. The molecule has 5 heteroatoms. The van der Waals surface area contributed by atoms with Crippen molar-refractivity contribution in [3.8, 4) is 11.5 Å². The van der Waals surface area contributed by atoms with Gasteiger partial charge in [0.05, 0.1) is 0 Å². The third-order valence-corrected chi connectivity index (χ3v) is 4.69. The summed E-state index contributed by atoms with van der Waals surface area (Å²) >= 11 is 1.46. The number of halogens is 2. The molecule has 3 aromatic carbocycles. The highest BCUT2D eigenvalue weighted by Crippen LogP contribution is 2.34. The van der Waals surface area contributed by atoms with Gasteiger partial charge >= 0.3 is 0 Å². The number of thioether (sulfide) groups is 1. The molecule has 25 heavy (non-hydrogen) atoms. The average Bonchev–Trinajstić information content (AvgIpc) is 2.62. The predicted octanol–water partition coefficient (Wildman–Crippen LogP) is 5.54. The van der Waals surface area contributed by atoms with Gasteiger partial charge in [0.2, 0.25) is 0 Å². The van der Waals surface area contributed by atoms with Gasteiger partial charge in [0.1, 0.15) is 29.7 Å². The van der Waals surface area contributed by atoms with E-state index in [0.717, 1.165) is 16.0 Å². The molecule has 128 valence electrons. The maximum Gasteiger partial charge on any atom is 0.132 e. The lowest BCUT2D eigenvalue weighted by Crippen LogP contribution is -1.95. The minimum Gasteiger partial charge on any atom is -0.507 e. The Bertz CT molecular complexity index is 833.